The van der Waals surface area contributed by atoms with Crippen LogP contribution in [0.4, 0.5) is 4.39 Å². The molecule has 0 atom stereocenters. The Balaban J connectivity index is 1.63. The van der Waals surface area contributed by atoms with Crippen LogP contribution in [0.15, 0.2) is 58.1 Å². The number of furan rings is 1. The minimum absolute atomic E-state index is 0.122. The van der Waals surface area contributed by atoms with Crippen LogP contribution in [0.25, 0.3) is 6.08 Å². The molecule has 0 N–H and O–H groups in total. The van der Waals surface area contributed by atoms with Gasteiger partial charge in [0.25, 0.3) is 0 Å². The maximum absolute atomic E-state index is 13.8. The number of carbonyl (C=O) groups excluding carboxylic acids is 1. The lowest BCUT2D eigenvalue weighted by Crippen LogP contribution is -2.50. The molecule has 25 heavy (non-hydrogen) atoms. The van der Waals surface area contributed by atoms with Crippen LogP contribution in [0.5, 0.6) is 0 Å². The third-order valence-electron chi connectivity index (χ3n) is 3.94. The first-order chi connectivity index (χ1) is 12.0. The Labute approximate surface area is 145 Å². The van der Waals surface area contributed by atoms with Crippen LogP contribution in [0.3, 0.4) is 0 Å². The maximum Gasteiger partial charge on any atom is 0.246 e. The molecule has 1 amide bonds. The molecule has 0 saturated carbocycles. The van der Waals surface area contributed by atoms with Gasteiger partial charge in [-0.15, -0.1) is 0 Å². The van der Waals surface area contributed by atoms with Crippen molar-refractivity contribution in [3.63, 3.8) is 0 Å². The van der Waals surface area contributed by atoms with Crippen molar-refractivity contribution >= 4 is 22.0 Å². The zero-order valence-electron chi connectivity index (χ0n) is 13.3. The molecule has 2 heterocycles. The van der Waals surface area contributed by atoms with E-state index in [1.54, 1.807) is 23.1 Å². The summed E-state index contributed by atoms with van der Waals surface area (Å²) >= 11 is 0. The van der Waals surface area contributed by atoms with Crippen LogP contribution in [0.1, 0.15) is 5.76 Å². The van der Waals surface area contributed by atoms with Crippen molar-refractivity contribution in [2.24, 2.45) is 0 Å². The highest BCUT2D eigenvalue weighted by atomic mass is 32.2. The quantitative estimate of drug-likeness (QED) is 0.778. The van der Waals surface area contributed by atoms with Crippen molar-refractivity contribution in [3.05, 3.63) is 60.3 Å². The molecule has 0 bridgehead atoms. The molecule has 1 aromatic carbocycles. The average molecular weight is 364 g/mol. The summed E-state index contributed by atoms with van der Waals surface area (Å²) in [5, 5.41) is 0. The van der Waals surface area contributed by atoms with Crippen LogP contribution in [-0.4, -0.2) is 49.7 Å². The minimum Gasteiger partial charge on any atom is -0.465 e. The molecule has 0 unspecified atom stereocenters. The number of hydrogen-bond donors (Lipinski definition) is 0. The molecule has 0 aliphatic carbocycles. The molecule has 2 aromatic rings. The van der Waals surface area contributed by atoms with E-state index in [2.05, 4.69) is 0 Å². The second-order valence-electron chi connectivity index (χ2n) is 5.51. The second-order valence-corrected chi connectivity index (χ2v) is 7.41. The van der Waals surface area contributed by atoms with E-state index in [4.69, 9.17) is 4.42 Å². The highest BCUT2D eigenvalue weighted by Gasteiger charge is 2.31. The summed E-state index contributed by atoms with van der Waals surface area (Å²) in [5.41, 5.74) is 0. The summed E-state index contributed by atoms with van der Waals surface area (Å²) in [7, 11) is -3.90. The first-order valence-corrected chi connectivity index (χ1v) is 9.17. The van der Waals surface area contributed by atoms with Crippen LogP contribution in [0, 0.1) is 5.82 Å². The fraction of sp³-hybridized carbons (Fsp3) is 0.235. The summed E-state index contributed by atoms with van der Waals surface area (Å²) in [6, 6.07) is 8.73. The molecule has 1 saturated heterocycles. The summed E-state index contributed by atoms with van der Waals surface area (Å²) in [5.74, 6) is -0.434. The number of rotatable bonds is 4. The summed E-state index contributed by atoms with van der Waals surface area (Å²) in [6.45, 7) is 0.734. The highest BCUT2D eigenvalue weighted by molar-refractivity contribution is 7.89. The molecule has 0 spiro atoms. The first-order valence-electron chi connectivity index (χ1n) is 7.73. The molecule has 6 nitrogen and oxygen atoms in total. The van der Waals surface area contributed by atoms with Gasteiger partial charge in [-0.05, 0) is 30.3 Å². The fourth-order valence-corrected chi connectivity index (χ4v) is 4.07. The monoisotopic (exact) mass is 364 g/mol. The van der Waals surface area contributed by atoms with Crippen LogP contribution >= 0.6 is 0 Å². The molecule has 8 heteroatoms. The van der Waals surface area contributed by atoms with Gasteiger partial charge in [0.1, 0.15) is 16.5 Å². The van der Waals surface area contributed by atoms with Crippen molar-refractivity contribution in [3.8, 4) is 0 Å². The molecule has 1 aliphatic heterocycles. The Morgan fingerprint density at radius 2 is 1.80 bits per heavy atom. The normalized spacial score (nSPS) is 16.4. The molecular formula is C17H17FN2O4S. The van der Waals surface area contributed by atoms with Crippen LogP contribution < -0.4 is 0 Å². The first kappa shape index (κ1) is 17.4. The van der Waals surface area contributed by atoms with E-state index in [1.807, 2.05) is 0 Å². The summed E-state index contributed by atoms with van der Waals surface area (Å²) in [4.78, 5) is 13.4. The highest BCUT2D eigenvalue weighted by Crippen LogP contribution is 2.20. The number of benzene rings is 1. The summed E-state index contributed by atoms with van der Waals surface area (Å²) in [6.07, 6.45) is 4.46. The van der Waals surface area contributed by atoms with E-state index in [0.29, 0.717) is 5.76 Å². The molecule has 3 rings (SSSR count). The Hall–Kier alpha value is -2.45. The SMILES string of the molecule is O=C(/C=C/c1ccco1)N1CCN(S(=O)(=O)c2ccccc2F)CC1. The third kappa shape index (κ3) is 3.80. The number of amides is 1. The topological polar surface area (TPSA) is 70.8 Å². The lowest BCUT2D eigenvalue weighted by atomic mass is 10.3. The Bertz CT molecular complexity index is 870. The van der Waals surface area contributed by atoms with Gasteiger partial charge in [0.05, 0.1) is 6.26 Å². The van der Waals surface area contributed by atoms with Gasteiger partial charge in [0, 0.05) is 32.3 Å². The lowest BCUT2D eigenvalue weighted by Gasteiger charge is -2.33. The molecule has 1 aliphatic rings. The number of sulfonamides is 1. The predicted octanol–water partition coefficient (Wildman–Crippen LogP) is 1.97. The van der Waals surface area contributed by atoms with Gasteiger partial charge >= 0.3 is 0 Å². The maximum atomic E-state index is 13.8. The molecule has 1 fully saturated rings. The number of piperazine rings is 1. The summed E-state index contributed by atoms with van der Waals surface area (Å²) < 4.78 is 45.1. The molecule has 0 radical (unpaired) electrons. The third-order valence-corrected chi connectivity index (χ3v) is 5.87. The number of carbonyl (C=O) groups is 1. The Morgan fingerprint density at radius 3 is 2.44 bits per heavy atom. The number of nitrogens with zero attached hydrogens (tertiary/aromatic N) is 2. The zero-order valence-corrected chi connectivity index (χ0v) is 14.2. The molecule has 132 valence electrons. The Kier molecular flexibility index (Phi) is 5.00. The van der Waals surface area contributed by atoms with Crippen LogP contribution in [-0.2, 0) is 14.8 Å². The van der Waals surface area contributed by atoms with Gasteiger partial charge < -0.3 is 9.32 Å². The molecular weight excluding hydrogens is 347 g/mol. The van der Waals surface area contributed by atoms with E-state index in [1.165, 1.54) is 34.8 Å². The van der Waals surface area contributed by atoms with Crippen molar-refractivity contribution in [2.75, 3.05) is 26.2 Å². The zero-order chi connectivity index (χ0) is 17.9. The minimum atomic E-state index is -3.90. The number of hydrogen-bond acceptors (Lipinski definition) is 4. The predicted molar refractivity (Wildman–Crippen MR) is 89.5 cm³/mol. The lowest BCUT2D eigenvalue weighted by molar-refractivity contribution is -0.127. The fourth-order valence-electron chi connectivity index (χ4n) is 2.59. The van der Waals surface area contributed by atoms with E-state index in [9.17, 15) is 17.6 Å². The van der Waals surface area contributed by atoms with Crippen LogP contribution in [0.2, 0.25) is 0 Å². The van der Waals surface area contributed by atoms with Gasteiger partial charge in [-0.25, -0.2) is 12.8 Å². The van der Waals surface area contributed by atoms with E-state index in [-0.39, 0.29) is 37.0 Å². The van der Waals surface area contributed by atoms with Crippen molar-refractivity contribution in [1.29, 1.82) is 0 Å². The average Bonchev–Trinajstić information content (AvgIpc) is 3.13. The van der Waals surface area contributed by atoms with Gasteiger partial charge in [-0.2, -0.15) is 4.31 Å². The second kappa shape index (κ2) is 7.20. The van der Waals surface area contributed by atoms with Crippen molar-refractivity contribution < 1.29 is 22.0 Å². The van der Waals surface area contributed by atoms with E-state index < -0.39 is 15.8 Å². The van der Waals surface area contributed by atoms with E-state index >= 15 is 0 Å². The van der Waals surface area contributed by atoms with Gasteiger partial charge in [-0.3, -0.25) is 4.79 Å². The Morgan fingerprint density at radius 1 is 1.08 bits per heavy atom. The largest absolute Gasteiger partial charge is 0.465 e. The standard InChI is InChI=1S/C17H17FN2O4S/c18-15-5-1-2-6-16(15)25(22,23)20-11-9-19(10-12-20)17(21)8-7-14-4-3-13-24-14/h1-8,13H,9-12H2/b8-7+. The van der Waals surface area contributed by atoms with Gasteiger partial charge in [-0.1, -0.05) is 12.1 Å². The van der Waals surface area contributed by atoms with Gasteiger partial charge in [0.15, 0.2) is 0 Å². The number of halogens is 1. The van der Waals surface area contributed by atoms with E-state index in [0.717, 1.165) is 6.07 Å². The van der Waals surface area contributed by atoms with Gasteiger partial charge in [0.2, 0.25) is 15.9 Å². The molecule has 1 aromatic heterocycles. The van der Waals surface area contributed by atoms with Crippen molar-refractivity contribution in [2.45, 2.75) is 4.90 Å². The smallest absolute Gasteiger partial charge is 0.246 e. The van der Waals surface area contributed by atoms with Crippen molar-refractivity contribution in [1.82, 2.24) is 9.21 Å².